The van der Waals surface area contributed by atoms with Crippen LogP contribution in [-0.2, 0) is 6.54 Å². The Morgan fingerprint density at radius 3 is 2.73 bits per heavy atom. The molecule has 0 spiro atoms. The van der Waals surface area contributed by atoms with Gasteiger partial charge in [0.1, 0.15) is 5.82 Å². The van der Waals surface area contributed by atoms with Crippen molar-refractivity contribution in [3.05, 3.63) is 35.5 Å². The lowest BCUT2D eigenvalue weighted by Crippen LogP contribution is -2.37. The molecule has 0 radical (unpaired) electrons. The minimum atomic E-state index is -4.32. The summed E-state index contributed by atoms with van der Waals surface area (Å²) >= 11 is 0. The molecule has 2 aliphatic heterocycles. The van der Waals surface area contributed by atoms with Gasteiger partial charge in [0.2, 0.25) is 0 Å². The number of benzene rings is 1. The van der Waals surface area contributed by atoms with Crippen LogP contribution in [0.1, 0.15) is 49.5 Å². The maximum Gasteiger partial charge on any atom is 0.410 e. The maximum absolute atomic E-state index is 13.6. The number of nitrogens with one attached hydrogen (secondary N) is 1. The molecular weight excluding hydrogens is 397 g/mol. The van der Waals surface area contributed by atoms with E-state index in [1.807, 2.05) is 18.2 Å². The summed E-state index contributed by atoms with van der Waals surface area (Å²) in [6.07, 6.45) is -2.52. The normalized spacial score (nSPS) is 24.4. The first-order chi connectivity index (χ1) is 14.3. The van der Waals surface area contributed by atoms with Crippen LogP contribution in [0.4, 0.5) is 19.0 Å². The second-order valence-corrected chi connectivity index (χ2v) is 8.02. The summed E-state index contributed by atoms with van der Waals surface area (Å²) in [5, 5.41) is 7.57. The molecule has 2 aliphatic rings. The van der Waals surface area contributed by atoms with Gasteiger partial charge in [-0.2, -0.15) is 18.3 Å². The predicted molar refractivity (Wildman–Crippen MR) is 107 cm³/mol. The lowest BCUT2D eigenvalue weighted by Gasteiger charge is -2.31. The number of methoxy groups -OCH3 is 2. The molecule has 0 amide bonds. The third-order valence-electron chi connectivity index (χ3n) is 5.96. The van der Waals surface area contributed by atoms with Crippen molar-refractivity contribution < 1.29 is 22.6 Å². The summed E-state index contributed by atoms with van der Waals surface area (Å²) in [4.78, 5) is 2.25. The highest BCUT2D eigenvalue weighted by molar-refractivity contribution is 5.47. The largest absolute Gasteiger partial charge is 0.493 e. The Balaban J connectivity index is 1.61. The number of alkyl halides is 3. The molecule has 1 aromatic heterocycles. The number of aromatic nitrogens is 2. The molecule has 0 aliphatic carbocycles. The van der Waals surface area contributed by atoms with Gasteiger partial charge < -0.3 is 14.8 Å². The van der Waals surface area contributed by atoms with E-state index in [9.17, 15) is 13.2 Å². The number of halogens is 3. The Bertz CT molecular complexity index is 899. The van der Waals surface area contributed by atoms with Gasteiger partial charge in [-0.05, 0) is 38.8 Å². The second kappa shape index (κ2) is 8.02. The van der Waals surface area contributed by atoms with Gasteiger partial charge in [0.15, 0.2) is 17.5 Å². The zero-order valence-corrected chi connectivity index (χ0v) is 17.4. The van der Waals surface area contributed by atoms with Crippen LogP contribution in [0.3, 0.4) is 0 Å². The number of fused-ring (bicyclic) bond motifs is 1. The van der Waals surface area contributed by atoms with E-state index in [4.69, 9.17) is 9.47 Å². The topological polar surface area (TPSA) is 51.5 Å². The molecule has 9 heteroatoms. The average molecular weight is 424 g/mol. The van der Waals surface area contributed by atoms with Crippen LogP contribution in [0.2, 0.25) is 0 Å². The van der Waals surface area contributed by atoms with E-state index in [2.05, 4.69) is 15.3 Å². The summed E-state index contributed by atoms with van der Waals surface area (Å²) in [5.74, 6) is 1.79. The number of ether oxygens (including phenoxy) is 2. The van der Waals surface area contributed by atoms with Crippen molar-refractivity contribution in [1.82, 2.24) is 14.7 Å². The Hall–Kier alpha value is -2.42. The zero-order valence-electron chi connectivity index (χ0n) is 17.4. The maximum atomic E-state index is 13.6. The minimum Gasteiger partial charge on any atom is -0.493 e. The fourth-order valence-corrected chi connectivity index (χ4v) is 4.59. The highest BCUT2D eigenvalue weighted by Crippen LogP contribution is 2.42. The number of nitrogens with zero attached hydrogens (tertiary/aromatic N) is 3. The molecular formula is C21H27F3N4O2. The summed E-state index contributed by atoms with van der Waals surface area (Å²) in [5.41, 5.74) is 1.66. The van der Waals surface area contributed by atoms with E-state index >= 15 is 0 Å². The quantitative estimate of drug-likeness (QED) is 0.764. The number of hydrogen-bond donors (Lipinski definition) is 1. The van der Waals surface area contributed by atoms with Crippen LogP contribution in [0.5, 0.6) is 11.5 Å². The number of likely N-dealkylation sites (tertiary alicyclic amines) is 1. The highest BCUT2D eigenvalue weighted by Gasteiger charge is 2.46. The lowest BCUT2D eigenvalue weighted by molar-refractivity contribution is -0.173. The second-order valence-electron chi connectivity index (χ2n) is 8.02. The molecule has 164 valence electrons. The highest BCUT2D eigenvalue weighted by atomic mass is 19.4. The molecule has 1 fully saturated rings. The van der Waals surface area contributed by atoms with Crippen molar-refractivity contribution in [3.8, 4) is 11.5 Å². The van der Waals surface area contributed by atoms with Crippen LogP contribution < -0.4 is 14.8 Å². The van der Waals surface area contributed by atoms with Gasteiger partial charge in [-0.3, -0.25) is 4.90 Å². The fourth-order valence-electron chi connectivity index (χ4n) is 4.59. The Labute approximate surface area is 173 Å². The molecule has 3 heterocycles. The SMILES string of the molecule is COc1cccc(CN2CCC[C@H]2c2cc3n(n2)[C@@H](C(F)(F)F)C[C@@H](C)N3)c1OC. The van der Waals surface area contributed by atoms with E-state index in [0.29, 0.717) is 29.6 Å². The van der Waals surface area contributed by atoms with E-state index in [1.165, 1.54) is 0 Å². The summed E-state index contributed by atoms with van der Waals surface area (Å²) < 4.78 is 52.8. The average Bonchev–Trinajstić information content (AvgIpc) is 3.32. The molecule has 0 unspecified atom stereocenters. The molecule has 2 aromatic rings. The van der Waals surface area contributed by atoms with Crippen LogP contribution in [0.15, 0.2) is 24.3 Å². The first-order valence-electron chi connectivity index (χ1n) is 10.2. The molecule has 1 saturated heterocycles. The Morgan fingerprint density at radius 1 is 1.23 bits per heavy atom. The van der Waals surface area contributed by atoms with Crippen molar-refractivity contribution in [2.45, 2.75) is 57.0 Å². The van der Waals surface area contributed by atoms with Crippen LogP contribution in [-0.4, -0.2) is 47.7 Å². The summed E-state index contributed by atoms with van der Waals surface area (Å²) in [7, 11) is 3.21. The lowest BCUT2D eigenvalue weighted by atomic mass is 10.1. The van der Waals surface area contributed by atoms with Crippen LogP contribution in [0.25, 0.3) is 0 Å². The molecule has 30 heavy (non-hydrogen) atoms. The molecule has 0 saturated carbocycles. The zero-order chi connectivity index (χ0) is 21.5. The monoisotopic (exact) mass is 424 g/mol. The number of para-hydroxylation sites is 1. The van der Waals surface area contributed by atoms with E-state index < -0.39 is 12.2 Å². The first-order valence-corrected chi connectivity index (χ1v) is 10.2. The number of anilines is 1. The van der Waals surface area contributed by atoms with Crippen LogP contribution in [0, 0.1) is 0 Å². The van der Waals surface area contributed by atoms with E-state index in [0.717, 1.165) is 29.6 Å². The summed E-state index contributed by atoms with van der Waals surface area (Å²) in [6.45, 7) is 3.23. The fraction of sp³-hybridized carbons (Fsp3) is 0.571. The molecule has 1 N–H and O–H groups in total. The Morgan fingerprint density at radius 2 is 2.03 bits per heavy atom. The molecule has 4 rings (SSSR count). The van der Waals surface area contributed by atoms with Gasteiger partial charge in [-0.15, -0.1) is 0 Å². The van der Waals surface area contributed by atoms with Crippen molar-refractivity contribution in [1.29, 1.82) is 0 Å². The molecule has 6 nitrogen and oxygen atoms in total. The van der Waals surface area contributed by atoms with Gasteiger partial charge in [-0.1, -0.05) is 12.1 Å². The van der Waals surface area contributed by atoms with E-state index in [1.54, 1.807) is 27.2 Å². The summed E-state index contributed by atoms with van der Waals surface area (Å²) in [6, 6.07) is 5.64. The van der Waals surface area contributed by atoms with Crippen molar-refractivity contribution >= 4 is 5.82 Å². The number of rotatable bonds is 5. The standard InChI is InChI=1S/C21H27F3N4O2/c1-13-10-18(21(22,23)24)28-19(25-13)11-15(26-28)16-7-5-9-27(16)12-14-6-4-8-17(29-2)20(14)30-3/h4,6,8,11,13,16,18,25H,5,7,9-10,12H2,1-3H3/t13-,16+,18-/m1/s1. The van der Waals surface area contributed by atoms with Gasteiger partial charge in [-0.25, -0.2) is 4.68 Å². The number of hydrogen-bond acceptors (Lipinski definition) is 5. The smallest absolute Gasteiger partial charge is 0.410 e. The molecule has 0 bridgehead atoms. The molecule has 1 aromatic carbocycles. The van der Waals surface area contributed by atoms with Gasteiger partial charge in [0, 0.05) is 24.2 Å². The van der Waals surface area contributed by atoms with Gasteiger partial charge in [0.25, 0.3) is 0 Å². The van der Waals surface area contributed by atoms with E-state index in [-0.39, 0.29) is 18.5 Å². The van der Waals surface area contributed by atoms with Crippen LogP contribution >= 0.6 is 0 Å². The first kappa shape index (κ1) is 20.8. The van der Waals surface area contributed by atoms with Crippen molar-refractivity contribution in [2.24, 2.45) is 0 Å². The molecule has 3 atom stereocenters. The van der Waals surface area contributed by atoms with Crippen molar-refractivity contribution in [3.63, 3.8) is 0 Å². The third-order valence-corrected chi connectivity index (χ3v) is 5.96. The third kappa shape index (κ3) is 3.82. The Kier molecular flexibility index (Phi) is 5.57. The van der Waals surface area contributed by atoms with Crippen molar-refractivity contribution in [2.75, 3.05) is 26.1 Å². The van der Waals surface area contributed by atoms with Gasteiger partial charge in [0.05, 0.1) is 26.0 Å². The van der Waals surface area contributed by atoms with Gasteiger partial charge >= 0.3 is 6.18 Å². The minimum absolute atomic E-state index is 0.0208. The predicted octanol–water partition coefficient (Wildman–Crippen LogP) is 4.54.